The maximum Gasteiger partial charge on any atom is 0.267 e. The first-order valence-electron chi connectivity index (χ1n) is 6.25. The van der Waals surface area contributed by atoms with Gasteiger partial charge in [0.25, 0.3) is 5.91 Å². The van der Waals surface area contributed by atoms with E-state index < -0.39 is 17.9 Å². The van der Waals surface area contributed by atoms with E-state index in [9.17, 15) is 19.2 Å². The van der Waals surface area contributed by atoms with E-state index in [0.29, 0.717) is 10.6 Å². The van der Waals surface area contributed by atoms with E-state index in [1.807, 2.05) is 0 Å². The van der Waals surface area contributed by atoms with Gasteiger partial charge in [-0.3, -0.25) is 14.8 Å². The smallest absolute Gasteiger partial charge is 0.267 e. The van der Waals surface area contributed by atoms with Crippen molar-refractivity contribution in [3.63, 3.8) is 0 Å². The number of hydrogen-bond acceptors (Lipinski definition) is 3. The van der Waals surface area contributed by atoms with Crippen molar-refractivity contribution in [1.29, 1.82) is 0 Å². The molecule has 0 aromatic heterocycles. The predicted molar refractivity (Wildman–Crippen MR) is 69.9 cm³/mol. The van der Waals surface area contributed by atoms with E-state index in [4.69, 9.17) is 0 Å². The Labute approximate surface area is 123 Å². The SMILES string of the molecule is O=C1CN(C(=O)C2CC2)C(c2ccc(F)c(Br)c2)N1O. The van der Waals surface area contributed by atoms with E-state index in [-0.39, 0.29) is 22.8 Å². The molecule has 1 N–H and O–H groups in total. The molecule has 1 aromatic rings. The second-order valence-corrected chi connectivity index (χ2v) is 5.88. The van der Waals surface area contributed by atoms with Crippen LogP contribution >= 0.6 is 15.9 Å². The molecule has 1 aliphatic heterocycles. The Hall–Kier alpha value is -1.47. The van der Waals surface area contributed by atoms with Crippen LogP contribution < -0.4 is 0 Å². The number of carbonyl (C=O) groups excluding carboxylic acids is 2. The molecule has 2 fully saturated rings. The molecule has 0 spiro atoms. The summed E-state index contributed by atoms with van der Waals surface area (Å²) in [5.74, 6) is -1.17. The summed E-state index contributed by atoms with van der Waals surface area (Å²) in [6.45, 7) is -0.147. The lowest BCUT2D eigenvalue weighted by Crippen LogP contribution is -2.35. The minimum absolute atomic E-state index is 0.0549. The fourth-order valence-corrected chi connectivity index (χ4v) is 2.73. The molecule has 0 bridgehead atoms. The van der Waals surface area contributed by atoms with Gasteiger partial charge in [0, 0.05) is 5.92 Å². The number of amides is 2. The number of carbonyl (C=O) groups is 2. The monoisotopic (exact) mass is 342 g/mol. The normalized spacial score (nSPS) is 22.6. The average molecular weight is 343 g/mol. The van der Waals surface area contributed by atoms with Gasteiger partial charge in [0.1, 0.15) is 12.4 Å². The molecule has 1 heterocycles. The molecule has 1 unspecified atom stereocenters. The van der Waals surface area contributed by atoms with Crippen LogP contribution in [-0.4, -0.2) is 33.5 Å². The standard InChI is InChI=1S/C13H12BrFN2O3/c14-9-5-8(3-4-10(9)15)12-16(6-11(18)17(12)20)13(19)7-1-2-7/h3-5,7,12,20H,1-2,6H2. The Bertz CT molecular complexity index is 591. The molecule has 1 saturated carbocycles. The number of hydroxylamine groups is 2. The van der Waals surface area contributed by atoms with Crippen molar-refractivity contribution in [3.8, 4) is 0 Å². The van der Waals surface area contributed by atoms with Crippen molar-refractivity contribution in [1.82, 2.24) is 9.96 Å². The molecular weight excluding hydrogens is 331 g/mol. The second-order valence-electron chi connectivity index (χ2n) is 5.03. The minimum atomic E-state index is -0.882. The zero-order chi connectivity index (χ0) is 14.4. The molecule has 2 aliphatic rings. The van der Waals surface area contributed by atoms with E-state index >= 15 is 0 Å². The highest BCUT2D eigenvalue weighted by Crippen LogP contribution is 2.38. The van der Waals surface area contributed by atoms with Crippen molar-refractivity contribution in [2.45, 2.75) is 19.0 Å². The van der Waals surface area contributed by atoms with Gasteiger partial charge in [0.2, 0.25) is 5.91 Å². The molecule has 3 rings (SSSR count). The van der Waals surface area contributed by atoms with E-state index in [2.05, 4.69) is 15.9 Å². The summed E-state index contributed by atoms with van der Waals surface area (Å²) in [6, 6.07) is 4.16. The molecule has 1 saturated heterocycles. The number of rotatable bonds is 2. The van der Waals surface area contributed by atoms with Crippen molar-refractivity contribution >= 4 is 27.7 Å². The summed E-state index contributed by atoms with van der Waals surface area (Å²) in [4.78, 5) is 25.2. The van der Waals surface area contributed by atoms with Gasteiger partial charge in [0.05, 0.1) is 4.47 Å². The van der Waals surface area contributed by atoms with Gasteiger partial charge >= 0.3 is 0 Å². The van der Waals surface area contributed by atoms with Crippen LogP contribution in [0.3, 0.4) is 0 Å². The maximum atomic E-state index is 13.3. The Kier molecular flexibility index (Phi) is 3.25. The van der Waals surface area contributed by atoms with Crippen molar-refractivity contribution in [2.75, 3.05) is 6.54 Å². The van der Waals surface area contributed by atoms with Crippen LogP contribution in [0.15, 0.2) is 22.7 Å². The number of hydrogen-bond donors (Lipinski definition) is 1. The second kappa shape index (κ2) is 4.82. The lowest BCUT2D eigenvalue weighted by molar-refractivity contribution is -0.172. The maximum absolute atomic E-state index is 13.3. The number of halogens is 2. The third kappa shape index (κ3) is 2.20. The van der Waals surface area contributed by atoms with Crippen LogP contribution in [0, 0.1) is 11.7 Å². The first-order chi connectivity index (χ1) is 9.49. The van der Waals surface area contributed by atoms with Crippen LogP contribution in [0.1, 0.15) is 24.6 Å². The molecule has 7 heteroatoms. The third-order valence-electron chi connectivity index (χ3n) is 3.54. The molecule has 1 aliphatic carbocycles. The zero-order valence-electron chi connectivity index (χ0n) is 10.4. The van der Waals surface area contributed by atoms with Crippen LogP contribution in [0.25, 0.3) is 0 Å². The highest BCUT2D eigenvalue weighted by atomic mass is 79.9. The fourth-order valence-electron chi connectivity index (χ4n) is 2.33. The molecule has 106 valence electrons. The highest BCUT2D eigenvalue weighted by Gasteiger charge is 2.45. The predicted octanol–water partition coefficient (Wildman–Crippen LogP) is 2.06. The third-order valence-corrected chi connectivity index (χ3v) is 4.15. The van der Waals surface area contributed by atoms with Crippen molar-refractivity contribution in [3.05, 3.63) is 34.1 Å². The van der Waals surface area contributed by atoms with Gasteiger partial charge in [-0.15, -0.1) is 0 Å². The van der Waals surface area contributed by atoms with Crippen molar-refractivity contribution < 1.29 is 19.2 Å². The first-order valence-corrected chi connectivity index (χ1v) is 7.04. The molecule has 2 amide bonds. The summed E-state index contributed by atoms with van der Waals surface area (Å²) in [5, 5.41) is 10.4. The minimum Gasteiger partial charge on any atom is -0.306 e. The fraction of sp³-hybridized carbons (Fsp3) is 0.385. The topological polar surface area (TPSA) is 60.9 Å². The van der Waals surface area contributed by atoms with Crippen LogP contribution in [-0.2, 0) is 9.59 Å². The summed E-state index contributed by atoms with van der Waals surface area (Å²) in [5.41, 5.74) is 0.487. The molecule has 0 radical (unpaired) electrons. The Balaban J connectivity index is 1.96. The van der Waals surface area contributed by atoms with E-state index in [0.717, 1.165) is 12.8 Å². The van der Waals surface area contributed by atoms with Crippen LogP contribution in [0.4, 0.5) is 4.39 Å². The average Bonchev–Trinajstić information content (AvgIpc) is 3.21. The summed E-state index contributed by atoms with van der Waals surface area (Å²) in [6.07, 6.45) is 0.747. The zero-order valence-corrected chi connectivity index (χ0v) is 12.0. The van der Waals surface area contributed by atoms with Crippen LogP contribution in [0.5, 0.6) is 0 Å². The Morgan fingerprint density at radius 2 is 2.10 bits per heavy atom. The summed E-state index contributed by atoms with van der Waals surface area (Å²) < 4.78 is 13.5. The van der Waals surface area contributed by atoms with Gasteiger partial charge in [-0.25, -0.2) is 4.39 Å². The van der Waals surface area contributed by atoms with E-state index in [1.165, 1.54) is 23.1 Å². The molecule has 20 heavy (non-hydrogen) atoms. The van der Waals surface area contributed by atoms with Gasteiger partial charge in [-0.2, -0.15) is 5.06 Å². The van der Waals surface area contributed by atoms with Crippen LogP contribution in [0.2, 0.25) is 0 Å². The van der Waals surface area contributed by atoms with E-state index in [1.54, 1.807) is 0 Å². The first kappa shape index (κ1) is 13.5. The number of nitrogens with zero attached hydrogens (tertiary/aromatic N) is 2. The summed E-state index contributed by atoms with van der Waals surface area (Å²) >= 11 is 3.06. The quantitative estimate of drug-likeness (QED) is 0.837. The van der Waals surface area contributed by atoms with Gasteiger partial charge < -0.3 is 4.90 Å². The Morgan fingerprint density at radius 3 is 2.70 bits per heavy atom. The molecule has 1 aromatic carbocycles. The van der Waals surface area contributed by atoms with Gasteiger partial charge in [-0.1, -0.05) is 6.07 Å². The largest absolute Gasteiger partial charge is 0.306 e. The molecular formula is C13H12BrFN2O3. The molecule has 1 atom stereocenters. The van der Waals surface area contributed by atoms with Gasteiger partial charge in [0.15, 0.2) is 6.17 Å². The summed E-state index contributed by atoms with van der Waals surface area (Å²) in [7, 11) is 0. The van der Waals surface area contributed by atoms with Crippen molar-refractivity contribution in [2.24, 2.45) is 5.92 Å². The Morgan fingerprint density at radius 1 is 1.40 bits per heavy atom. The molecule has 5 nitrogen and oxygen atoms in total. The lowest BCUT2D eigenvalue weighted by atomic mass is 10.1. The lowest BCUT2D eigenvalue weighted by Gasteiger charge is -2.26. The van der Waals surface area contributed by atoms with Gasteiger partial charge in [-0.05, 0) is 46.5 Å². The number of benzene rings is 1. The highest BCUT2D eigenvalue weighted by molar-refractivity contribution is 9.10.